The van der Waals surface area contributed by atoms with Gasteiger partial charge in [0.1, 0.15) is 0 Å². The molecule has 0 spiro atoms. The van der Waals surface area contributed by atoms with Crippen LogP contribution < -0.4 is 5.73 Å². The minimum absolute atomic E-state index is 0.0989. The standard InChI is InChI=1S/C15H23N3O/c1-9(16)2-13-17-14(19-18-13)15-6-10-3-11(7-15)5-12(4-10)8-15/h9-12H,2-8,16H2,1H3. The lowest BCUT2D eigenvalue weighted by molar-refractivity contribution is -0.0201. The lowest BCUT2D eigenvalue weighted by atomic mass is 9.49. The highest BCUT2D eigenvalue weighted by molar-refractivity contribution is 5.15. The van der Waals surface area contributed by atoms with Gasteiger partial charge in [0.2, 0.25) is 5.89 Å². The first-order chi connectivity index (χ1) is 9.13. The molecule has 2 N–H and O–H groups in total. The molecule has 0 radical (unpaired) electrons. The third kappa shape index (κ3) is 1.92. The van der Waals surface area contributed by atoms with Crippen molar-refractivity contribution in [2.45, 2.75) is 63.3 Å². The van der Waals surface area contributed by atoms with Crippen molar-refractivity contribution in [2.24, 2.45) is 23.5 Å². The molecule has 4 fully saturated rings. The first-order valence-electron chi connectivity index (χ1n) is 7.71. The third-order valence-corrected chi connectivity index (χ3v) is 5.46. The predicted octanol–water partition coefficient (Wildman–Crippen LogP) is 2.43. The van der Waals surface area contributed by atoms with Crippen molar-refractivity contribution in [2.75, 3.05) is 0 Å². The maximum atomic E-state index is 5.82. The van der Waals surface area contributed by atoms with E-state index in [1.807, 2.05) is 6.92 Å². The lowest BCUT2D eigenvalue weighted by Gasteiger charge is -2.55. The summed E-state index contributed by atoms with van der Waals surface area (Å²) >= 11 is 0. The van der Waals surface area contributed by atoms with E-state index in [1.54, 1.807) is 0 Å². The second-order valence-electron chi connectivity index (χ2n) is 7.40. The van der Waals surface area contributed by atoms with Gasteiger partial charge in [-0.2, -0.15) is 4.98 Å². The maximum absolute atomic E-state index is 5.82. The van der Waals surface area contributed by atoms with Crippen LogP contribution in [0.15, 0.2) is 4.52 Å². The molecule has 1 heterocycles. The minimum Gasteiger partial charge on any atom is -0.339 e. The largest absolute Gasteiger partial charge is 0.339 e. The molecule has 4 bridgehead atoms. The quantitative estimate of drug-likeness (QED) is 0.907. The summed E-state index contributed by atoms with van der Waals surface area (Å²) in [6.07, 6.45) is 8.88. The molecular formula is C15H23N3O. The Hall–Kier alpha value is -0.900. The van der Waals surface area contributed by atoms with Crippen LogP contribution in [-0.4, -0.2) is 16.2 Å². The first-order valence-corrected chi connectivity index (χ1v) is 7.71. The van der Waals surface area contributed by atoms with Crippen LogP contribution in [-0.2, 0) is 11.8 Å². The minimum atomic E-state index is 0.0989. The Morgan fingerprint density at radius 1 is 1.21 bits per heavy atom. The third-order valence-electron chi connectivity index (χ3n) is 5.46. The zero-order valence-corrected chi connectivity index (χ0v) is 11.6. The Labute approximate surface area is 114 Å². The van der Waals surface area contributed by atoms with E-state index in [-0.39, 0.29) is 11.5 Å². The fraction of sp³-hybridized carbons (Fsp3) is 0.867. The molecule has 4 nitrogen and oxygen atoms in total. The topological polar surface area (TPSA) is 64.9 Å². The molecule has 1 atom stereocenters. The summed E-state index contributed by atoms with van der Waals surface area (Å²) in [5.41, 5.74) is 6.04. The van der Waals surface area contributed by atoms with Gasteiger partial charge in [0.25, 0.3) is 0 Å². The van der Waals surface area contributed by atoms with E-state index in [0.717, 1.165) is 35.9 Å². The fourth-order valence-corrected chi connectivity index (χ4v) is 5.21. The van der Waals surface area contributed by atoms with Crippen molar-refractivity contribution in [3.8, 4) is 0 Å². The normalized spacial score (nSPS) is 41.7. The Kier molecular flexibility index (Phi) is 2.53. The van der Waals surface area contributed by atoms with Gasteiger partial charge in [-0.25, -0.2) is 0 Å². The van der Waals surface area contributed by atoms with Crippen LogP contribution in [0.2, 0.25) is 0 Å². The zero-order valence-electron chi connectivity index (χ0n) is 11.6. The molecule has 4 aliphatic rings. The van der Waals surface area contributed by atoms with Crippen molar-refractivity contribution < 1.29 is 4.52 Å². The molecule has 0 aliphatic heterocycles. The number of aromatic nitrogens is 2. The summed E-state index contributed by atoms with van der Waals surface area (Å²) in [7, 11) is 0. The molecule has 104 valence electrons. The van der Waals surface area contributed by atoms with Crippen molar-refractivity contribution in [1.29, 1.82) is 0 Å². The lowest BCUT2D eigenvalue weighted by Crippen LogP contribution is -2.48. The Balaban J connectivity index is 1.62. The van der Waals surface area contributed by atoms with Crippen molar-refractivity contribution >= 4 is 0 Å². The van der Waals surface area contributed by atoms with E-state index in [2.05, 4.69) is 10.1 Å². The van der Waals surface area contributed by atoms with Crippen LogP contribution in [0.25, 0.3) is 0 Å². The second kappa shape index (κ2) is 4.05. The summed E-state index contributed by atoms with van der Waals surface area (Å²) in [4.78, 5) is 4.68. The van der Waals surface area contributed by atoms with Gasteiger partial charge in [0.15, 0.2) is 5.82 Å². The molecule has 4 saturated carbocycles. The molecule has 1 unspecified atom stereocenters. The molecule has 5 rings (SSSR count). The van der Waals surface area contributed by atoms with E-state index < -0.39 is 0 Å². The smallest absolute Gasteiger partial charge is 0.232 e. The Morgan fingerprint density at radius 3 is 2.32 bits per heavy atom. The highest BCUT2D eigenvalue weighted by Crippen LogP contribution is 2.60. The van der Waals surface area contributed by atoms with Crippen LogP contribution >= 0.6 is 0 Å². The van der Waals surface area contributed by atoms with Crippen LogP contribution in [0, 0.1) is 17.8 Å². The summed E-state index contributed by atoms with van der Waals surface area (Å²) in [6, 6.07) is 0.0989. The van der Waals surface area contributed by atoms with Gasteiger partial charge in [-0.3, -0.25) is 0 Å². The van der Waals surface area contributed by atoms with Crippen LogP contribution in [0.3, 0.4) is 0 Å². The molecule has 19 heavy (non-hydrogen) atoms. The number of hydrogen-bond donors (Lipinski definition) is 1. The first kappa shape index (κ1) is 11.9. The highest BCUT2D eigenvalue weighted by Gasteiger charge is 2.54. The monoisotopic (exact) mass is 261 g/mol. The van der Waals surface area contributed by atoms with Gasteiger partial charge >= 0.3 is 0 Å². The van der Waals surface area contributed by atoms with Crippen molar-refractivity contribution in [1.82, 2.24) is 10.1 Å². The summed E-state index contributed by atoms with van der Waals surface area (Å²) < 4.78 is 5.63. The second-order valence-corrected chi connectivity index (χ2v) is 7.40. The van der Waals surface area contributed by atoms with Gasteiger partial charge in [-0.05, 0) is 63.2 Å². The van der Waals surface area contributed by atoms with Crippen LogP contribution in [0.1, 0.15) is 57.2 Å². The average molecular weight is 261 g/mol. The number of nitrogens with zero attached hydrogens (tertiary/aromatic N) is 2. The number of rotatable bonds is 3. The molecule has 1 aromatic rings. The molecule has 0 saturated heterocycles. The zero-order chi connectivity index (χ0) is 13.0. The van der Waals surface area contributed by atoms with E-state index in [0.29, 0.717) is 0 Å². The summed E-state index contributed by atoms with van der Waals surface area (Å²) in [6.45, 7) is 1.99. The summed E-state index contributed by atoms with van der Waals surface area (Å²) in [5, 5.41) is 4.15. The van der Waals surface area contributed by atoms with Crippen LogP contribution in [0.4, 0.5) is 0 Å². The van der Waals surface area contributed by atoms with E-state index in [4.69, 9.17) is 10.3 Å². The molecule has 0 amide bonds. The van der Waals surface area contributed by atoms with Gasteiger partial charge in [0, 0.05) is 12.5 Å². The van der Waals surface area contributed by atoms with Gasteiger partial charge < -0.3 is 10.3 Å². The van der Waals surface area contributed by atoms with E-state index >= 15 is 0 Å². The van der Waals surface area contributed by atoms with E-state index in [9.17, 15) is 0 Å². The number of hydrogen-bond acceptors (Lipinski definition) is 4. The average Bonchev–Trinajstić information content (AvgIpc) is 2.75. The van der Waals surface area contributed by atoms with E-state index in [1.165, 1.54) is 38.5 Å². The maximum Gasteiger partial charge on any atom is 0.232 e. The van der Waals surface area contributed by atoms with Gasteiger partial charge in [-0.1, -0.05) is 5.16 Å². The molecule has 0 aromatic carbocycles. The van der Waals surface area contributed by atoms with Gasteiger partial charge in [-0.15, -0.1) is 0 Å². The Morgan fingerprint density at radius 2 is 1.79 bits per heavy atom. The highest BCUT2D eigenvalue weighted by atomic mass is 16.5. The molecule has 4 heteroatoms. The fourth-order valence-electron chi connectivity index (χ4n) is 5.21. The van der Waals surface area contributed by atoms with Gasteiger partial charge in [0.05, 0.1) is 5.41 Å². The molecule has 4 aliphatic carbocycles. The van der Waals surface area contributed by atoms with Crippen LogP contribution in [0.5, 0.6) is 0 Å². The predicted molar refractivity (Wildman–Crippen MR) is 71.5 cm³/mol. The SMILES string of the molecule is CC(N)Cc1noc(C23CC4CC(CC(C4)C2)C3)n1. The van der Waals surface area contributed by atoms with Crippen molar-refractivity contribution in [3.63, 3.8) is 0 Å². The van der Waals surface area contributed by atoms with Crippen molar-refractivity contribution in [3.05, 3.63) is 11.7 Å². The summed E-state index contributed by atoms with van der Waals surface area (Å²) in [5.74, 6) is 4.45. The number of nitrogens with two attached hydrogens (primary N) is 1. The molecular weight excluding hydrogens is 238 g/mol. The Bertz CT molecular complexity index is 444. The molecule has 1 aromatic heterocycles.